The molecule has 0 bridgehead atoms. The van der Waals surface area contributed by atoms with Crippen LogP contribution in [-0.2, 0) is 13.2 Å². The van der Waals surface area contributed by atoms with Crippen molar-refractivity contribution in [3.8, 4) is 5.75 Å². The molecule has 0 aliphatic rings. The largest absolute Gasteiger partial charge is 1.00 e. The SMILES string of the molecule is CC(C)CNCc1ccc(OCc2ccc(Cl)cc2)cc1.[Cl-]. The summed E-state index contributed by atoms with van der Waals surface area (Å²) in [6.07, 6.45) is 0. The third-order valence-corrected chi connectivity index (χ3v) is 3.38. The first-order chi connectivity index (χ1) is 10.1. The number of ether oxygens (including phenoxy) is 1. The maximum atomic E-state index is 5.86. The predicted octanol–water partition coefficient (Wildman–Crippen LogP) is 1.67. The van der Waals surface area contributed by atoms with Gasteiger partial charge in [-0.15, -0.1) is 0 Å². The molecule has 0 saturated heterocycles. The predicted molar refractivity (Wildman–Crippen MR) is 88.8 cm³/mol. The molecule has 4 heteroatoms. The molecule has 0 aliphatic heterocycles. The van der Waals surface area contributed by atoms with Crippen molar-refractivity contribution in [2.45, 2.75) is 27.0 Å². The zero-order valence-electron chi connectivity index (χ0n) is 13.0. The van der Waals surface area contributed by atoms with Gasteiger partial charge in [0.2, 0.25) is 0 Å². The lowest BCUT2D eigenvalue weighted by atomic mass is 10.2. The molecule has 2 aromatic rings. The van der Waals surface area contributed by atoms with E-state index in [4.69, 9.17) is 16.3 Å². The van der Waals surface area contributed by atoms with Crippen LogP contribution in [0.5, 0.6) is 5.75 Å². The maximum absolute atomic E-state index is 5.86. The molecule has 0 atom stereocenters. The van der Waals surface area contributed by atoms with E-state index in [2.05, 4.69) is 31.3 Å². The van der Waals surface area contributed by atoms with Gasteiger partial charge in [-0.25, -0.2) is 0 Å². The Kier molecular flexibility index (Phi) is 8.32. The van der Waals surface area contributed by atoms with Crippen molar-refractivity contribution >= 4 is 11.6 Å². The van der Waals surface area contributed by atoms with Crippen molar-refractivity contribution in [2.75, 3.05) is 6.54 Å². The Morgan fingerprint density at radius 1 is 0.955 bits per heavy atom. The Morgan fingerprint density at radius 2 is 1.55 bits per heavy atom. The fourth-order valence-corrected chi connectivity index (χ4v) is 2.08. The molecular weight excluding hydrogens is 317 g/mol. The van der Waals surface area contributed by atoms with Gasteiger partial charge in [-0.1, -0.05) is 49.7 Å². The van der Waals surface area contributed by atoms with Gasteiger partial charge >= 0.3 is 0 Å². The molecule has 2 rings (SSSR count). The van der Waals surface area contributed by atoms with E-state index >= 15 is 0 Å². The normalized spacial score (nSPS) is 10.4. The van der Waals surface area contributed by atoms with Gasteiger partial charge in [-0.3, -0.25) is 0 Å². The highest BCUT2D eigenvalue weighted by Crippen LogP contribution is 2.15. The van der Waals surface area contributed by atoms with Crippen molar-refractivity contribution in [1.82, 2.24) is 5.32 Å². The van der Waals surface area contributed by atoms with Crippen molar-refractivity contribution in [3.05, 3.63) is 64.7 Å². The summed E-state index contributed by atoms with van der Waals surface area (Å²) in [6.45, 7) is 6.91. The Morgan fingerprint density at radius 3 is 2.14 bits per heavy atom. The second kappa shape index (κ2) is 9.73. The van der Waals surface area contributed by atoms with Crippen LogP contribution in [0.1, 0.15) is 25.0 Å². The highest BCUT2D eigenvalue weighted by atomic mass is 35.5. The smallest absolute Gasteiger partial charge is 0.119 e. The lowest BCUT2D eigenvalue weighted by Gasteiger charge is -2.09. The Balaban J connectivity index is 0.00000242. The summed E-state index contributed by atoms with van der Waals surface area (Å²) in [6, 6.07) is 16.0. The molecule has 0 fully saturated rings. The van der Waals surface area contributed by atoms with Crippen molar-refractivity contribution < 1.29 is 17.1 Å². The zero-order chi connectivity index (χ0) is 15.1. The van der Waals surface area contributed by atoms with Gasteiger partial charge in [0.25, 0.3) is 0 Å². The number of rotatable bonds is 7. The molecule has 2 nitrogen and oxygen atoms in total. The van der Waals surface area contributed by atoms with Crippen LogP contribution in [0.25, 0.3) is 0 Å². The molecule has 120 valence electrons. The monoisotopic (exact) mass is 338 g/mol. The summed E-state index contributed by atoms with van der Waals surface area (Å²) in [5, 5.41) is 4.18. The lowest BCUT2D eigenvalue weighted by molar-refractivity contribution is -0.00000477. The topological polar surface area (TPSA) is 21.3 Å². The number of benzene rings is 2. The Labute approximate surface area is 144 Å². The molecule has 1 N–H and O–H groups in total. The van der Waals surface area contributed by atoms with Crippen molar-refractivity contribution in [1.29, 1.82) is 0 Å². The Hall–Kier alpha value is -1.22. The molecule has 0 saturated carbocycles. The van der Waals surface area contributed by atoms with E-state index in [0.29, 0.717) is 12.5 Å². The van der Waals surface area contributed by atoms with Gasteiger partial charge in [-0.2, -0.15) is 0 Å². The molecule has 22 heavy (non-hydrogen) atoms. The molecule has 0 unspecified atom stereocenters. The average molecular weight is 339 g/mol. The number of hydrogen-bond acceptors (Lipinski definition) is 2. The van der Waals surface area contributed by atoms with E-state index < -0.39 is 0 Å². The van der Waals surface area contributed by atoms with Crippen molar-refractivity contribution in [2.24, 2.45) is 5.92 Å². The van der Waals surface area contributed by atoms with Gasteiger partial charge in [0.1, 0.15) is 12.4 Å². The minimum absolute atomic E-state index is 0. The third kappa shape index (κ3) is 6.69. The van der Waals surface area contributed by atoms with E-state index in [1.54, 1.807) is 0 Å². The highest BCUT2D eigenvalue weighted by molar-refractivity contribution is 6.30. The summed E-state index contributed by atoms with van der Waals surface area (Å²) >= 11 is 5.86. The quantitative estimate of drug-likeness (QED) is 0.829. The molecule has 0 spiro atoms. The third-order valence-electron chi connectivity index (χ3n) is 3.12. The van der Waals surface area contributed by atoms with Crippen molar-refractivity contribution in [3.63, 3.8) is 0 Å². The first-order valence-corrected chi connectivity index (χ1v) is 7.68. The molecule has 0 aromatic heterocycles. The Bertz CT molecular complexity index is 538. The molecule has 0 aliphatic carbocycles. The van der Waals surface area contributed by atoms with Gasteiger partial charge in [0, 0.05) is 11.6 Å². The van der Waals surface area contributed by atoms with Crippen LogP contribution in [0.2, 0.25) is 5.02 Å². The fraction of sp³-hybridized carbons (Fsp3) is 0.333. The first kappa shape index (κ1) is 18.8. The second-order valence-electron chi connectivity index (χ2n) is 5.58. The molecule has 0 radical (unpaired) electrons. The summed E-state index contributed by atoms with van der Waals surface area (Å²) in [7, 11) is 0. The van der Waals surface area contributed by atoms with Crippen LogP contribution in [-0.4, -0.2) is 6.54 Å². The highest BCUT2D eigenvalue weighted by Gasteiger charge is 1.98. The summed E-state index contributed by atoms with van der Waals surface area (Å²) in [5.74, 6) is 1.56. The van der Waals surface area contributed by atoms with Gasteiger partial charge in [0.05, 0.1) is 0 Å². The number of halogens is 2. The second-order valence-corrected chi connectivity index (χ2v) is 6.02. The average Bonchev–Trinajstić information content (AvgIpc) is 2.48. The minimum atomic E-state index is 0. The number of nitrogens with one attached hydrogen (secondary N) is 1. The number of hydrogen-bond donors (Lipinski definition) is 1. The summed E-state index contributed by atoms with van der Waals surface area (Å²) < 4.78 is 5.77. The molecule has 2 aromatic carbocycles. The van der Waals surface area contributed by atoms with Crippen LogP contribution in [0, 0.1) is 5.92 Å². The first-order valence-electron chi connectivity index (χ1n) is 7.30. The van der Waals surface area contributed by atoms with E-state index in [-0.39, 0.29) is 12.4 Å². The minimum Gasteiger partial charge on any atom is -1.00 e. The van der Waals surface area contributed by atoms with E-state index in [9.17, 15) is 0 Å². The van der Waals surface area contributed by atoms with Crippen LogP contribution in [0.3, 0.4) is 0 Å². The van der Waals surface area contributed by atoms with Gasteiger partial charge in [-0.05, 0) is 47.9 Å². The van der Waals surface area contributed by atoms with Crippen LogP contribution >= 0.6 is 11.6 Å². The van der Waals surface area contributed by atoms with E-state index in [1.165, 1.54) is 5.56 Å². The lowest BCUT2D eigenvalue weighted by Crippen LogP contribution is -3.00. The molecule has 0 amide bonds. The fourth-order valence-electron chi connectivity index (χ4n) is 1.96. The standard InChI is InChI=1S/C18H22ClNO.ClH/c1-14(2)11-20-12-15-5-9-18(10-6-15)21-13-16-3-7-17(19)8-4-16;/h3-10,14,20H,11-13H2,1-2H3;1H/p-1. The molecular formula is C18H22Cl2NO-. The zero-order valence-corrected chi connectivity index (χ0v) is 14.5. The summed E-state index contributed by atoms with van der Waals surface area (Å²) in [4.78, 5) is 0. The molecule has 0 heterocycles. The van der Waals surface area contributed by atoms with E-state index in [0.717, 1.165) is 29.4 Å². The maximum Gasteiger partial charge on any atom is 0.119 e. The van der Waals surface area contributed by atoms with Gasteiger partial charge in [0.15, 0.2) is 0 Å². The van der Waals surface area contributed by atoms with Crippen LogP contribution in [0.4, 0.5) is 0 Å². The van der Waals surface area contributed by atoms with E-state index in [1.807, 2.05) is 36.4 Å². The van der Waals surface area contributed by atoms with Gasteiger partial charge < -0.3 is 22.5 Å². The van der Waals surface area contributed by atoms with Crippen LogP contribution < -0.4 is 22.5 Å². The van der Waals surface area contributed by atoms with Crippen LogP contribution in [0.15, 0.2) is 48.5 Å². The summed E-state index contributed by atoms with van der Waals surface area (Å²) in [5.41, 5.74) is 2.39.